The lowest BCUT2D eigenvalue weighted by Gasteiger charge is -2.44. The summed E-state index contributed by atoms with van der Waals surface area (Å²) in [6, 6.07) is 0. The number of aliphatic hydroxyl groups excluding tert-OH is 2. The van der Waals surface area contributed by atoms with Gasteiger partial charge in [0, 0.05) is 6.42 Å². The number of oxazole rings is 1. The molecule has 0 radical (unpaired) electrons. The largest absolute Gasteiger partial charge is 0.461 e. The lowest BCUT2D eigenvalue weighted by molar-refractivity contribution is -0.155. The fraction of sp³-hybridized carbons (Fsp3) is 0.714. The van der Waals surface area contributed by atoms with Crippen LogP contribution in [0.2, 0.25) is 0 Å². The maximum atomic E-state index is 12.8. The number of hydrogen-bond donors (Lipinski definition) is 2. The third-order valence-corrected chi connectivity index (χ3v) is 11.1. The molecule has 4 saturated carbocycles. The van der Waals surface area contributed by atoms with E-state index >= 15 is 0 Å². The van der Waals surface area contributed by atoms with E-state index in [0.717, 1.165) is 54.8 Å². The Hall–Kier alpha value is -2.18. The Morgan fingerprint density at radius 2 is 1.95 bits per heavy atom. The predicted octanol–water partition coefficient (Wildman–Crippen LogP) is 7.14. The van der Waals surface area contributed by atoms with E-state index in [1.807, 2.05) is 20.8 Å². The van der Waals surface area contributed by atoms with Crippen LogP contribution in [-0.4, -0.2) is 39.5 Å². The van der Waals surface area contributed by atoms with Gasteiger partial charge in [0.2, 0.25) is 5.89 Å². The SMILES string of the molecule is C=C1C(=CC=C2CCC[C@]3(C)[C@@H]([C@H](C)CC[C@H](OC(=O)C(C)C)C4(c5nc(C)co5)CC4)CC[C@@H]23)C[C@@H](O)C[C@@H]1O. The van der Waals surface area contributed by atoms with E-state index in [9.17, 15) is 15.0 Å². The molecule has 0 unspecified atom stereocenters. The van der Waals surface area contributed by atoms with Gasteiger partial charge in [-0.05, 0) is 105 Å². The van der Waals surface area contributed by atoms with Crippen LogP contribution in [0, 0.1) is 36.0 Å². The number of ether oxygens (including phenoxy) is 1. The second kappa shape index (κ2) is 11.8. The van der Waals surface area contributed by atoms with Crippen molar-refractivity contribution in [2.24, 2.45) is 29.1 Å². The van der Waals surface area contributed by atoms with Crippen LogP contribution in [0.1, 0.15) is 110 Å². The second-order valence-corrected chi connectivity index (χ2v) is 14.2. The van der Waals surface area contributed by atoms with Crippen molar-refractivity contribution in [1.82, 2.24) is 4.98 Å². The average molecular weight is 566 g/mol. The van der Waals surface area contributed by atoms with Gasteiger partial charge in [-0.2, -0.15) is 0 Å². The smallest absolute Gasteiger partial charge is 0.308 e. The topological polar surface area (TPSA) is 92.8 Å². The standard InChI is InChI=1S/C35H51NO5/c1-21(2)32(39)41-31(35(16-17-35)33-36-23(4)20-40-33)14-9-22(3)28-12-13-29-25(8-7-15-34(28,29)6)10-11-26-18-27(37)19-30(38)24(26)5/h10-11,20-22,27-31,37-38H,5,7-9,12-19H2,1-4,6H3/t22-,27-,28-,29+,30+,31+,34-/m1/s1. The summed E-state index contributed by atoms with van der Waals surface area (Å²) in [6.07, 6.45) is 15.4. The first-order chi connectivity index (χ1) is 19.4. The third-order valence-electron chi connectivity index (χ3n) is 11.1. The van der Waals surface area contributed by atoms with Crippen LogP contribution in [0.15, 0.2) is 46.1 Å². The molecule has 0 amide bonds. The Labute approximate surface area is 246 Å². The Balaban J connectivity index is 1.29. The summed E-state index contributed by atoms with van der Waals surface area (Å²) in [5, 5.41) is 20.4. The van der Waals surface area contributed by atoms with E-state index in [0.29, 0.717) is 30.6 Å². The zero-order valence-electron chi connectivity index (χ0n) is 25.8. The maximum absolute atomic E-state index is 12.8. The molecule has 7 atom stereocenters. The number of carbonyl (C=O) groups is 1. The fourth-order valence-corrected chi connectivity index (χ4v) is 8.41. The Morgan fingerprint density at radius 1 is 1.20 bits per heavy atom. The van der Waals surface area contributed by atoms with E-state index < -0.39 is 12.2 Å². The quantitative estimate of drug-likeness (QED) is 0.309. The first-order valence-electron chi connectivity index (χ1n) is 16.0. The number of aromatic nitrogens is 1. The fourth-order valence-electron chi connectivity index (χ4n) is 8.41. The van der Waals surface area contributed by atoms with Crippen LogP contribution in [0.25, 0.3) is 0 Å². The lowest BCUT2D eigenvalue weighted by atomic mass is 9.60. The number of allylic oxidation sites excluding steroid dienone is 3. The molecule has 0 bridgehead atoms. The molecule has 4 fully saturated rings. The molecule has 6 heteroatoms. The van der Waals surface area contributed by atoms with Gasteiger partial charge in [-0.1, -0.05) is 52.0 Å². The highest BCUT2D eigenvalue weighted by molar-refractivity contribution is 5.72. The summed E-state index contributed by atoms with van der Waals surface area (Å²) in [6.45, 7) is 14.7. The lowest BCUT2D eigenvalue weighted by Crippen LogP contribution is -2.37. The molecule has 1 aromatic rings. The highest BCUT2D eigenvalue weighted by atomic mass is 16.5. The molecule has 4 aliphatic rings. The molecular weight excluding hydrogens is 514 g/mol. The summed E-state index contributed by atoms with van der Waals surface area (Å²) in [5.74, 6) is 2.14. The number of rotatable bonds is 9. The van der Waals surface area contributed by atoms with Gasteiger partial charge in [-0.25, -0.2) is 4.98 Å². The number of aryl methyl sites for hydroxylation is 1. The summed E-state index contributed by atoms with van der Waals surface area (Å²) >= 11 is 0. The molecule has 0 aromatic carbocycles. The van der Waals surface area contributed by atoms with Crippen molar-refractivity contribution in [2.45, 2.75) is 129 Å². The number of carbonyl (C=O) groups excluding carboxylic acids is 1. The van der Waals surface area contributed by atoms with Gasteiger partial charge in [-0.3, -0.25) is 4.79 Å². The summed E-state index contributed by atoms with van der Waals surface area (Å²) < 4.78 is 12.0. The molecule has 1 heterocycles. The van der Waals surface area contributed by atoms with Crippen LogP contribution in [0.5, 0.6) is 0 Å². The van der Waals surface area contributed by atoms with Crippen LogP contribution >= 0.6 is 0 Å². The van der Waals surface area contributed by atoms with Crippen molar-refractivity contribution in [3.8, 4) is 0 Å². The summed E-state index contributed by atoms with van der Waals surface area (Å²) in [4.78, 5) is 17.4. The van der Waals surface area contributed by atoms with Gasteiger partial charge in [0.25, 0.3) is 0 Å². The summed E-state index contributed by atoms with van der Waals surface area (Å²) in [5.41, 5.74) is 4.10. The zero-order valence-corrected chi connectivity index (χ0v) is 25.8. The molecule has 0 aliphatic heterocycles. The van der Waals surface area contributed by atoms with Crippen molar-refractivity contribution >= 4 is 5.97 Å². The second-order valence-electron chi connectivity index (χ2n) is 14.2. The number of nitrogens with zero attached hydrogens (tertiary/aromatic N) is 1. The van der Waals surface area contributed by atoms with Gasteiger partial charge in [0.05, 0.1) is 29.2 Å². The van der Waals surface area contributed by atoms with Crippen molar-refractivity contribution in [2.75, 3.05) is 0 Å². The molecule has 1 aromatic heterocycles. The minimum atomic E-state index is -0.650. The van der Waals surface area contributed by atoms with E-state index in [-0.39, 0.29) is 28.8 Å². The molecule has 6 nitrogen and oxygen atoms in total. The number of esters is 1. The van der Waals surface area contributed by atoms with Gasteiger partial charge in [0.1, 0.15) is 12.4 Å². The average Bonchev–Trinajstić information content (AvgIpc) is 3.47. The van der Waals surface area contributed by atoms with E-state index in [1.54, 1.807) is 6.26 Å². The normalized spacial score (nSPS) is 34.6. The number of fused-ring (bicyclic) bond motifs is 1. The zero-order chi connectivity index (χ0) is 29.5. The first-order valence-corrected chi connectivity index (χ1v) is 16.0. The van der Waals surface area contributed by atoms with E-state index in [4.69, 9.17) is 9.15 Å². The number of hydrogen-bond acceptors (Lipinski definition) is 6. The first kappa shape index (κ1) is 30.3. The highest BCUT2D eigenvalue weighted by Gasteiger charge is 2.57. The van der Waals surface area contributed by atoms with E-state index in [2.05, 4.69) is 37.6 Å². The highest BCUT2D eigenvalue weighted by Crippen LogP contribution is 2.60. The minimum absolute atomic E-state index is 0.137. The van der Waals surface area contributed by atoms with Crippen molar-refractivity contribution in [3.63, 3.8) is 0 Å². The Morgan fingerprint density at radius 3 is 2.61 bits per heavy atom. The molecule has 226 valence electrons. The molecule has 2 N–H and O–H groups in total. The Bertz CT molecular complexity index is 1190. The van der Waals surface area contributed by atoms with Crippen LogP contribution in [0.4, 0.5) is 0 Å². The van der Waals surface area contributed by atoms with E-state index in [1.165, 1.54) is 31.3 Å². The number of aliphatic hydroxyl groups is 2. The predicted molar refractivity (Wildman–Crippen MR) is 160 cm³/mol. The Kier molecular flexibility index (Phi) is 8.74. The van der Waals surface area contributed by atoms with Crippen LogP contribution in [0.3, 0.4) is 0 Å². The molecule has 0 spiro atoms. The van der Waals surface area contributed by atoms with Crippen LogP contribution < -0.4 is 0 Å². The van der Waals surface area contributed by atoms with Gasteiger partial charge >= 0.3 is 5.97 Å². The molecule has 41 heavy (non-hydrogen) atoms. The maximum Gasteiger partial charge on any atom is 0.308 e. The third kappa shape index (κ3) is 6.01. The van der Waals surface area contributed by atoms with Crippen molar-refractivity contribution in [1.29, 1.82) is 0 Å². The van der Waals surface area contributed by atoms with Crippen molar-refractivity contribution in [3.05, 3.63) is 53.3 Å². The molecule has 4 aliphatic carbocycles. The van der Waals surface area contributed by atoms with Crippen LogP contribution in [-0.2, 0) is 14.9 Å². The monoisotopic (exact) mass is 565 g/mol. The van der Waals surface area contributed by atoms with Gasteiger partial charge in [-0.15, -0.1) is 0 Å². The summed E-state index contributed by atoms with van der Waals surface area (Å²) in [7, 11) is 0. The molecule has 5 rings (SSSR count). The molecule has 0 saturated heterocycles. The van der Waals surface area contributed by atoms with Crippen molar-refractivity contribution < 1.29 is 24.2 Å². The molecular formula is C35H51NO5. The minimum Gasteiger partial charge on any atom is -0.461 e. The van der Waals surface area contributed by atoms with Gasteiger partial charge in [0.15, 0.2) is 0 Å². The van der Waals surface area contributed by atoms with Gasteiger partial charge < -0.3 is 19.4 Å².